The van der Waals surface area contributed by atoms with Crippen LogP contribution in [0.3, 0.4) is 0 Å². The predicted molar refractivity (Wildman–Crippen MR) is 153 cm³/mol. The molecule has 1 amide bonds. The number of carbonyl (C=O) groups excluding carboxylic acids is 1. The summed E-state index contributed by atoms with van der Waals surface area (Å²) in [5.74, 6) is 1.24. The Morgan fingerprint density at radius 3 is 2.69 bits per heavy atom. The van der Waals surface area contributed by atoms with Gasteiger partial charge in [0.15, 0.2) is 0 Å². The fraction of sp³-hybridized carbons (Fsp3) is 0.357. The van der Waals surface area contributed by atoms with E-state index in [1.165, 1.54) is 25.7 Å². The number of nitrogens with one attached hydrogen (secondary N) is 4. The van der Waals surface area contributed by atoms with Gasteiger partial charge in [0.25, 0.3) is 5.91 Å². The lowest BCUT2D eigenvalue weighted by molar-refractivity contribution is 0.102. The summed E-state index contributed by atoms with van der Waals surface area (Å²) in [6.07, 6.45) is 10.4. The van der Waals surface area contributed by atoms with Crippen LogP contribution in [0.25, 0.3) is 22.1 Å². The van der Waals surface area contributed by atoms with Gasteiger partial charge in [0.05, 0.1) is 39.6 Å². The molecule has 200 valence electrons. The molecular formula is C28H32N10O. The summed E-state index contributed by atoms with van der Waals surface area (Å²) in [5.41, 5.74) is 5.55. The van der Waals surface area contributed by atoms with Crippen LogP contribution >= 0.6 is 0 Å². The molecule has 1 saturated heterocycles. The first-order chi connectivity index (χ1) is 19.1. The van der Waals surface area contributed by atoms with Gasteiger partial charge in [-0.2, -0.15) is 0 Å². The first-order valence-corrected chi connectivity index (χ1v) is 13.6. The van der Waals surface area contributed by atoms with Gasteiger partial charge in [0.1, 0.15) is 0 Å². The van der Waals surface area contributed by atoms with Gasteiger partial charge in [-0.3, -0.25) is 10.1 Å². The van der Waals surface area contributed by atoms with Crippen LogP contribution in [0.15, 0.2) is 49.1 Å². The molecule has 4 N–H and O–H groups in total. The highest BCUT2D eigenvalue weighted by Crippen LogP contribution is 2.33. The molecule has 2 aliphatic rings. The molecule has 0 unspecified atom stereocenters. The van der Waals surface area contributed by atoms with Crippen molar-refractivity contribution < 1.29 is 4.79 Å². The van der Waals surface area contributed by atoms with Crippen LogP contribution in [-0.2, 0) is 0 Å². The number of hydrogen-bond donors (Lipinski definition) is 4. The Labute approximate surface area is 225 Å². The molecule has 0 bridgehead atoms. The Bertz CT molecular complexity index is 1630. The van der Waals surface area contributed by atoms with Crippen molar-refractivity contribution in [2.45, 2.75) is 31.7 Å². The zero-order chi connectivity index (χ0) is 26.3. The highest BCUT2D eigenvalue weighted by Gasteiger charge is 2.24. The normalized spacial score (nSPS) is 16.9. The Morgan fingerprint density at radius 1 is 1.00 bits per heavy atom. The summed E-state index contributed by atoms with van der Waals surface area (Å²) < 4.78 is 2.21. The SMILES string of the molecule is CN1CCN(c2cc3nc(Nc4nccn4C4CCCC4)[nH]c3cc2C(=O)Nc2ccc3nc[nH]c3c2)CC1. The van der Waals surface area contributed by atoms with Crippen LogP contribution in [0.5, 0.6) is 0 Å². The summed E-state index contributed by atoms with van der Waals surface area (Å²) in [4.78, 5) is 38.4. The van der Waals surface area contributed by atoms with Gasteiger partial charge in [-0.15, -0.1) is 0 Å². The van der Waals surface area contributed by atoms with Gasteiger partial charge in [0.2, 0.25) is 11.9 Å². The van der Waals surface area contributed by atoms with E-state index in [2.05, 4.69) is 52.0 Å². The first-order valence-electron chi connectivity index (χ1n) is 13.6. The second-order valence-corrected chi connectivity index (χ2v) is 10.6. The van der Waals surface area contributed by atoms with Crippen molar-refractivity contribution in [3.8, 4) is 0 Å². The summed E-state index contributed by atoms with van der Waals surface area (Å²) in [5, 5.41) is 6.47. The van der Waals surface area contributed by atoms with E-state index in [1.807, 2.05) is 42.7 Å². The van der Waals surface area contributed by atoms with E-state index in [0.717, 1.165) is 59.9 Å². The minimum atomic E-state index is -0.162. The van der Waals surface area contributed by atoms with Crippen LogP contribution < -0.4 is 15.5 Å². The van der Waals surface area contributed by atoms with Crippen molar-refractivity contribution in [2.75, 3.05) is 48.8 Å². The number of aromatic nitrogens is 6. The number of H-pyrrole nitrogens is 2. The molecule has 0 radical (unpaired) electrons. The van der Waals surface area contributed by atoms with Crippen LogP contribution in [0.4, 0.5) is 23.3 Å². The van der Waals surface area contributed by atoms with E-state index in [0.29, 0.717) is 23.2 Å². The molecule has 5 aromatic rings. The number of likely N-dealkylation sites (N-methyl/N-ethyl adjacent to an activating group) is 1. The minimum Gasteiger partial charge on any atom is -0.368 e. The molecule has 11 heteroatoms. The van der Waals surface area contributed by atoms with E-state index in [1.54, 1.807) is 6.33 Å². The third-order valence-electron chi connectivity index (χ3n) is 7.98. The second kappa shape index (κ2) is 9.73. The molecule has 2 aromatic carbocycles. The third-order valence-corrected chi connectivity index (χ3v) is 7.98. The molecule has 11 nitrogen and oxygen atoms in total. The van der Waals surface area contributed by atoms with Crippen molar-refractivity contribution in [3.05, 3.63) is 54.6 Å². The molecule has 3 aromatic heterocycles. The second-order valence-electron chi connectivity index (χ2n) is 10.6. The molecular weight excluding hydrogens is 492 g/mol. The zero-order valence-corrected chi connectivity index (χ0v) is 21.9. The standard InChI is InChI=1S/C28H32N10O/c1-36-10-12-37(13-11-36)25-16-24-23(15-20(25)26(39)32-18-6-7-21-22(14-18)31-17-30-21)33-27(34-24)35-28-29-8-9-38(28)19-4-2-3-5-19/h6-9,14-17,19H,2-5,10-13H2,1H3,(H,30,31)(H,32,39)(H2,29,33,34,35). The summed E-state index contributed by atoms with van der Waals surface area (Å²) in [7, 11) is 2.13. The topological polar surface area (TPSA) is 123 Å². The van der Waals surface area contributed by atoms with Crippen LogP contribution in [0.2, 0.25) is 0 Å². The van der Waals surface area contributed by atoms with E-state index in [4.69, 9.17) is 4.98 Å². The van der Waals surface area contributed by atoms with Gasteiger partial charge in [-0.1, -0.05) is 12.8 Å². The molecule has 2 fully saturated rings. The molecule has 4 heterocycles. The summed E-state index contributed by atoms with van der Waals surface area (Å²) in [6.45, 7) is 3.56. The number of nitrogens with zero attached hydrogens (tertiary/aromatic N) is 6. The lowest BCUT2D eigenvalue weighted by atomic mass is 10.1. The van der Waals surface area contributed by atoms with Crippen molar-refractivity contribution >= 4 is 51.2 Å². The highest BCUT2D eigenvalue weighted by molar-refractivity contribution is 6.11. The number of carbonyl (C=O) groups is 1. The fourth-order valence-corrected chi connectivity index (χ4v) is 5.80. The number of piperazine rings is 1. The maximum absolute atomic E-state index is 13.7. The molecule has 0 spiro atoms. The number of fused-ring (bicyclic) bond motifs is 2. The molecule has 7 rings (SSSR count). The number of aromatic amines is 2. The van der Waals surface area contributed by atoms with Gasteiger partial charge in [-0.05, 0) is 50.2 Å². The summed E-state index contributed by atoms with van der Waals surface area (Å²) >= 11 is 0. The largest absolute Gasteiger partial charge is 0.368 e. The number of amides is 1. The van der Waals surface area contributed by atoms with Crippen LogP contribution in [-0.4, -0.2) is 73.5 Å². The Kier molecular flexibility index (Phi) is 5.92. The number of benzene rings is 2. The van der Waals surface area contributed by atoms with Crippen LogP contribution in [0, 0.1) is 0 Å². The maximum Gasteiger partial charge on any atom is 0.257 e. The summed E-state index contributed by atoms with van der Waals surface area (Å²) in [6, 6.07) is 10.1. The number of anilines is 4. The number of hydrogen-bond acceptors (Lipinski definition) is 7. The van der Waals surface area contributed by atoms with Crippen molar-refractivity contribution in [1.82, 2.24) is 34.4 Å². The molecule has 39 heavy (non-hydrogen) atoms. The Morgan fingerprint density at radius 2 is 1.85 bits per heavy atom. The Hall–Kier alpha value is -4.38. The smallest absolute Gasteiger partial charge is 0.257 e. The highest BCUT2D eigenvalue weighted by atomic mass is 16.1. The average Bonchev–Trinajstić information content (AvgIpc) is 3.75. The van der Waals surface area contributed by atoms with E-state index < -0.39 is 0 Å². The van der Waals surface area contributed by atoms with Crippen molar-refractivity contribution in [3.63, 3.8) is 0 Å². The Balaban J connectivity index is 1.22. The van der Waals surface area contributed by atoms with Gasteiger partial charge in [-0.25, -0.2) is 15.0 Å². The first kappa shape index (κ1) is 23.7. The van der Waals surface area contributed by atoms with Gasteiger partial charge >= 0.3 is 0 Å². The lowest BCUT2D eigenvalue weighted by Crippen LogP contribution is -2.45. The molecule has 1 aliphatic heterocycles. The van der Waals surface area contributed by atoms with Gasteiger partial charge < -0.3 is 29.7 Å². The van der Waals surface area contributed by atoms with E-state index in [-0.39, 0.29) is 5.91 Å². The van der Waals surface area contributed by atoms with E-state index in [9.17, 15) is 4.79 Å². The van der Waals surface area contributed by atoms with Crippen LogP contribution in [0.1, 0.15) is 42.1 Å². The molecule has 1 saturated carbocycles. The third kappa shape index (κ3) is 4.59. The van der Waals surface area contributed by atoms with Gasteiger partial charge in [0, 0.05) is 50.3 Å². The zero-order valence-electron chi connectivity index (χ0n) is 21.9. The average molecular weight is 525 g/mol. The predicted octanol–water partition coefficient (Wildman–Crippen LogP) is 4.50. The number of imidazole rings is 3. The molecule has 1 aliphatic carbocycles. The van der Waals surface area contributed by atoms with Crippen molar-refractivity contribution in [2.24, 2.45) is 0 Å². The maximum atomic E-state index is 13.7. The number of rotatable bonds is 6. The lowest BCUT2D eigenvalue weighted by Gasteiger charge is -2.35. The van der Waals surface area contributed by atoms with Crippen molar-refractivity contribution in [1.29, 1.82) is 0 Å². The molecule has 0 atom stereocenters. The minimum absolute atomic E-state index is 0.162. The van der Waals surface area contributed by atoms with E-state index >= 15 is 0 Å². The monoisotopic (exact) mass is 524 g/mol. The quantitative estimate of drug-likeness (QED) is 0.258. The fourth-order valence-electron chi connectivity index (χ4n) is 5.80.